The van der Waals surface area contributed by atoms with Crippen molar-refractivity contribution in [1.29, 1.82) is 0 Å². The lowest BCUT2D eigenvalue weighted by atomic mass is 10.0. The zero-order valence-corrected chi connectivity index (χ0v) is 12.4. The van der Waals surface area contributed by atoms with Gasteiger partial charge in [0, 0.05) is 36.1 Å². The smallest absolute Gasteiger partial charge is 0.128 e. The summed E-state index contributed by atoms with van der Waals surface area (Å²) < 4.78 is 14.1. The molecule has 2 nitrogen and oxygen atoms in total. The molecule has 2 heterocycles. The Kier molecular flexibility index (Phi) is 3.87. The standard InChI is InChI=1S/C16H19FN2S/c1-11-14-5-7-20-16(14)4-6-19(11)10-13-3-2-12(9-18)8-15(13)17/h2-3,5,7-8,11H,4,6,9-10,18H2,1H3. The van der Waals surface area contributed by atoms with E-state index in [4.69, 9.17) is 5.73 Å². The predicted molar refractivity (Wildman–Crippen MR) is 81.1 cm³/mol. The number of hydrogen-bond acceptors (Lipinski definition) is 3. The van der Waals surface area contributed by atoms with Gasteiger partial charge in [-0.25, -0.2) is 4.39 Å². The minimum absolute atomic E-state index is 0.142. The Morgan fingerprint density at radius 3 is 3.00 bits per heavy atom. The summed E-state index contributed by atoms with van der Waals surface area (Å²) in [6.07, 6.45) is 1.07. The van der Waals surface area contributed by atoms with Crippen LogP contribution in [0.25, 0.3) is 0 Å². The molecule has 0 saturated carbocycles. The fourth-order valence-corrected chi connectivity index (χ4v) is 3.80. The first kappa shape index (κ1) is 13.7. The van der Waals surface area contributed by atoms with Gasteiger partial charge in [-0.3, -0.25) is 4.90 Å². The van der Waals surface area contributed by atoms with Crippen molar-refractivity contribution in [2.45, 2.75) is 32.5 Å². The summed E-state index contributed by atoms with van der Waals surface area (Å²) in [5, 5.41) is 2.15. The Hall–Kier alpha value is -1.23. The van der Waals surface area contributed by atoms with E-state index in [1.54, 1.807) is 6.07 Å². The van der Waals surface area contributed by atoms with E-state index >= 15 is 0 Å². The Bertz CT molecular complexity index is 608. The van der Waals surface area contributed by atoms with E-state index in [1.165, 1.54) is 10.4 Å². The van der Waals surface area contributed by atoms with E-state index in [-0.39, 0.29) is 5.82 Å². The SMILES string of the molecule is CC1c2ccsc2CCN1Cc1ccc(CN)cc1F. The molecule has 0 fully saturated rings. The Morgan fingerprint density at radius 1 is 1.40 bits per heavy atom. The first-order valence-electron chi connectivity index (χ1n) is 6.96. The number of nitrogens with two attached hydrogens (primary N) is 1. The number of hydrogen-bond donors (Lipinski definition) is 1. The van der Waals surface area contributed by atoms with Gasteiger partial charge in [-0.05, 0) is 42.0 Å². The van der Waals surface area contributed by atoms with Crippen LogP contribution in [0.1, 0.15) is 34.5 Å². The second kappa shape index (κ2) is 5.64. The maximum atomic E-state index is 14.1. The Morgan fingerprint density at radius 2 is 2.25 bits per heavy atom. The van der Waals surface area contributed by atoms with E-state index in [2.05, 4.69) is 23.3 Å². The normalized spacial score (nSPS) is 19.1. The molecule has 1 aliphatic rings. The molecule has 3 rings (SSSR count). The molecule has 1 aromatic carbocycles. The number of thiophene rings is 1. The molecule has 4 heteroatoms. The summed E-state index contributed by atoms with van der Waals surface area (Å²) in [6, 6.07) is 7.90. The molecule has 2 N–H and O–H groups in total. The fraction of sp³-hybridized carbons (Fsp3) is 0.375. The zero-order chi connectivity index (χ0) is 14.1. The van der Waals surface area contributed by atoms with E-state index in [9.17, 15) is 4.39 Å². The van der Waals surface area contributed by atoms with Crippen molar-refractivity contribution in [3.8, 4) is 0 Å². The molecule has 0 bridgehead atoms. The van der Waals surface area contributed by atoms with Crippen LogP contribution in [0.4, 0.5) is 4.39 Å². The highest BCUT2D eigenvalue weighted by atomic mass is 32.1. The third-order valence-corrected chi connectivity index (χ3v) is 5.13. The second-order valence-electron chi connectivity index (χ2n) is 5.33. The molecular weight excluding hydrogens is 271 g/mol. The highest BCUT2D eigenvalue weighted by Gasteiger charge is 2.25. The molecule has 1 unspecified atom stereocenters. The van der Waals surface area contributed by atoms with Gasteiger partial charge in [0.05, 0.1) is 0 Å². The van der Waals surface area contributed by atoms with Crippen LogP contribution in [0, 0.1) is 5.82 Å². The Labute approximate surface area is 123 Å². The van der Waals surface area contributed by atoms with Crippen molar-refractivity contribution < 1.29 is 4.39 Å². The summed E-state index contributed by atoms with van der Waals surface area (Å²) >= 11 is 1.83. The topological polar surface area (TPSA) is 29.3 Å². The minimum Gasteiger partial charge on any atom is -0.326 e. The first-order chi connectivity index (χ1) is 9.69. The van der Waals surface area contributed by atoms with Gasteiger partial charge in [-0.2, -0.15) is 0 Å². The van der Waals surface area contributed by atoms with Crippen LogP contribution in [0.3, 0.4) is 0 Å². The van der Waals surface area contributed by atoms with E-state index < -0.39 is 0 Å². The van der Waals surface area contributed by atoms with Crippen molar-refractivity contribution in [2.24, 2.45) is 5.73 Å². The van der Waals surface area contributed by atoms with Crippen molar-refractivity contribution in [3.63, 3.8) is 0 Å². The molecule has 1 aliphatic heterocycles. The van der Waals surface area contributed by atoms with Gasteiger partial charge >= 0.3 is 0 Å². The van der Waals surface area contributed by atoms with Crippen LogP contribution < -0.4 is 5.73 Å². The van der Waals surface area contributed by atoms with Gasteiger partial charge < -0.3 is 5.73 Å². The summed E-state index contributed by atoms with van der Waals surface area (Å²) in [5.74, 6) is -0.142. The molecule has 1 aromatic heterocycles. The summed E-state index contributed by atoms with van der Waals surface area (Å²) in [5.41, 5.74) is 8.55. The van der Waals surface area contributed by atoms with Crippen LogP contribution in [-0.4, -0.2) is 11.4 Å². The predicted octanol–water partition coefficient (Wildman–Crippen LogP) is 3.47. The molecule has 0 aliphatic carbocycles. The maximum absolute atomic E-state index is 14.1. The van der Waals surface area contributed by atoms with Crippen LogP contribution in [-0.2, 0) is 19.5 Å². The van der Waals surface area contributed by atoms with Gasteiger partial charge in [-0.1, -0.05) is 12.1 Å². The summed E-state index contributed by atoms with van der Waals surface area (Å²) in [7, 11) is 0. The molecule has 0 saturated heterocycles. The van der Waals surface area contributed by atoms with Crippen LogP contribution in [0.15, 0.2) is 29.6 Å². The van der Waals surface area contributed by atoms with Crippen molar-refractivity contribution >= 4 is 11.3 Å². The average Bonchev–Trinajstić information content (AvgIpc) is 2.93. The van der Waals surface area contributed by atoms with Gasteiger partial charge in [0.2, 0.25) is 0 Å². The second-order valence-corrected chi connectivity index (χ2v) is 6.33. The monoisotopic (exact) mass is 290 g/mol. The van der Waals surface area contributed by atoms with Crippen LogP contribution in [0.2, 0.25) is 0 Å². The zero-order valence-electron chi connectivity index (χ0n) is 11.6. The molecule has 0 radical (unpaired) electrons. The van der Waals surface area contributed by atoms with Crippen LogP contribution in [0.5, 0.6) is 0 Å². The van der Waals surface area contributed by atoms with Crippen molar-refractivity contribution in [1.82, 2.24) is 4.90 Å². The number of nitrogens with zero attached hydrogens (tertiary/aromatic N) is 1. The molecule has 20 heavy (non-hydrogen) atoms. The van der Waals surface area contributed by atoms with E-state index in [0.717, 1.165) is 24.1 Å². The number of fused-ring (bicyclic) bond motifs is 1. The van der Waals surface area contributed by atoms with E-state index in [1.807, 2.05) is 23.5 Å². The molecule has 1 atom stereocenters. The van der Waals surface area contributed by atoms with E-state index in [0.29, 0.717) is 19.1 Å². The molecule has 0 spiro atoms. The molecule has 0 amide bonds. The molecular formula is C16H19FN2S. The highest BCUT2D eigenvalue weighted by Crippen LogP contribution is 2.33. The lowest BCUT2D eigenvalue weighted by Gasteiger charge is -2.33. The van der Waals surface area contributed by atoms with Gasteiger partial charge in [0.1, 0.15) is 5.82 Å². The van der Waals surface area contributed by atoms with Crippen molar-refractivity contribution in [3.05, 3.63) is 57.0 Å². The maximum Gasteiger partial charge on any atom is 0.128 e. The lowest BCUT2D eigenvalue weighted by Crippen LogP contribution is -2.32. The first-order valence-corrected chi connectivity index (χ1v) is 7.84. The quantitative estimate of drug-likeness (QED) is 0.938. The molecule has 106 valence electrons. The van der Waals surface area contributed by atoms with Crippen LogP contribution >= 0.6 is 11.3 Å². The number of rotatable bonds is 3. The van der Waals surface area contributed by atoms with Gasteiger partial charge in [0.25, 0.3) is 0 Å². The van der Waals surface area contributed by atoms with Crippen molar-refractivity contribution in [2.75, 3.05) is 6.54 Å². The largest absolute Gasteiger partial charge is 0.326 e. The number of benzene rings is 1. The summed E-state index contributed by atoms with van der Waals surface area (Å²) in [4.78, 5) is 3.82. The molecule has 2 aromatic rings. The third kappa shape index (κ3) is 2.51. The fourth-order valence-electron chi connectivity index (χ4n) is 2.84. The van der Waals surface area contributed by atoms with Gasteiger partial charge in [-0.15, -0.1) is 11.3 Å². The van der Waals surface area contributed by atoms with Gasteiger partial charge in [0.15, 0.2) is 0 Å². The Balaban J connectivity index is 1.79. The highest BCUT2D eigenvalue weighted by molar-refractivity contribution is 7.10. The lowest BCUT2D eigenvalue weighted by molar-refractivity contribution is 0.189. The summed E-state index contributed by atoms with van der Waals surface area (Å²) in [6.45, 7) is 4.24. The average molecular weight is 290 g/mol. The third-order valence-electron chi connectivity index (χ3n) is 4.13. The minimum atomic E-state index is -0.142. The number of halogens is 1.